The van der Waals surface area contributed by atoms with Crippen molar-refractivity contribution in [1.82, 2.24) is 10.7 Å². The third-order valence-corrected chi connectivity index (χ3v) is 3.23. The molecule has 0 spiro atoms. The van der Waals surface area contributed by atoms with E-state index in [1.165, 1.54) is 30.5 Å². The molecule has 25 heavy (non-hydrogen) atoms. The first-order valence-electron chi connectivity index (χ1n) is 7.37. The number of nitro groups is 1. The minimum atomic E-state index is -0.554. The number of rotatable bonds is 6. The third kappa shape index (κ3) is 5.54. The molecule has 128 valence electrons. The van der Waals surface area contributed by atoms with Crippen LogP contribution in [0, 0.1) is 17.0 Å². The third-order valence-electron chi connectivity index (χ3n) is 3.23. The van der Waals surface area contributed by atoms with Gasteiger partial charge < -0.3 is 5.32 Å². The van der Waals surface area contributed by atoms with Gasteiger partial charge in [0.15, 0.2) is 0 Å². The quantitative estimate of drug-likeness (QED) is 0.474. The van der Waals surface area contributed by atoms with E-state index in [0.717, 1.165) is 11.1 Å². The number of carbonyl (C=O) groups is 2. The molecule has 8 heteroatoms. The first-order valence-corrected chi connectivity index (χ1v) is 7.37. The Balaban J connectivity index is 1.79. The molecule has 2 rings (SSSR count). The maximum absolute atomic E-state index is 11.9. The highest BCUT2D eigenvalue weighted by molar-refractivity contribution is 5.96. The van der Waals surface area contributed by atoms with Crippen LogP contribution in [0.2, 0.25) is 0 Å². The summed E-state index contributed by atoms with van der Waals surface area (Å²) >= 11 is 0. The molecule has 0 atom stereocenters. The van der Waals surface area contributed by atoms with E-state index in [4.69, 9.17) is 0 Å². The molecule has 0 radical (unpaired) electrons. The molecule has 8 nitrogen and oxygen atoms in total. The first kappa shape index (κ1) is 17.8. The summed E-state index contributed by atoms with van der Waals surface area (Å²) in [6.45, 7) is 1.71. The molecule has 0 aliphatic rings. The van der Waals surface area contributed by atoms with Gasteiger partial charge in [0.1, 0.15) is 0 Å². The van der Waals surface area contributed by atoms with Gasteiger partial charge in [-0.15, -0.1) is 0 Å². The summed E-state index contributed by atoms with van der Waals surface area (Å²) in [5.41, 5.74) is 4.37. The molecule has 0 unspecified atom stereocenters. The topological polar surface area (TPSA) is 114 Å². The number of hydrazone groups is 1. The summed E-state index contributed by atoms with van der Waals surface area (Å²) in [4.78, 5) is 33.5. The average Bonchev–Trinajstić information content (AvgIpc) is 2.61. The van der Waals surface area contributed by atoms with Crippen LogP contribution in [0.5, 0.6) is 0 Å². The van der Waals surface area contributed by atoms with Crippen molar-refractivity contribution in [2.24, 2.45) is 5.10 Å². The van der Waals surface area contributed by atoms with E-state index in [-0.39, 0.29) is 17.8 Å². The molecule has 2 amide bonds. The zero-order valence-corrected chi connectivity index (χ0v) is 13.4. The van der Waals surface area contributed by atoms with Gasteiger partial charge in [0.05, 0.1) is 17.7 Å². The fourth-order valence-corrected chi connectivity index (χ4v) is 1.87. The average molecular weight is 340 g/mol. The molecule has 0 saturated carbocycles. The lowest BCUT2D eigenvalue weighted by molar-refractivity contribution is -0.384. The monoisotopic (exact) mass is 340 g/mol. The summed E-state index contributed by atoms with van der Waals surface area (Å²) < 4.78 is 0. The van der Waals surface area contributed by atoms with Gasteiger partial charge in [0.25, 0.3) is 17.5 Å². The molecule has 0 bridgehead atoms. The Kier molecular flexibility index (Phi) is 5.94. The van der Waals surface area contributed by atoms with Crippen LogP contribution >= 0.6 is 0 Å². The van der Waals surface area contributed by atoms with Gasteiger partial charge in [-0.25, -0.2) is 5.43 Å². The van der Waals surface area contributed by atoms with Crippen LogP contribution in [-0.4, -0.2) is 29.5 Å². The van der Waals surface area contributed by atoms with Gasteiger partial charge >= 0.3 is 0 Å². The lowest BCUT2D eigenvalue weighted by Crippen LogP contribution is -2.34. The number of non-ortho nitro benzene ring substituents is 1. The Morgan fingerprint density at radius 1 is 1.12 bits per heavy atom. The maximum Gasteiger partial charge on any atom is 0.269 e. The van der Waals surface area contributed by atoms with Crippen molar-refractivity contribution in [2.45, 2.75) is 6.92 Å². The standard InChI is InChI=1S/C17H16N4O4/c1-12-2-4-13(5-3-12)10-19-20-16(22)11-18-17(23)14-6-8-15(9-7-14)21(24)25/h2-10H,11H2,1H3,(H,18,23)(H,20,22)/b19-10-. The number of hydrogen-bond acceptors (Lipinski definition) is 5. The van der Waals surface area contributed by atoms with Gasteiger partial charge in [-0.05, 0) is 24.6 Å². The van der Waals surface area contributed by atoms with Crippen LogP contribution in [0.15, 0.2) is 53.6 Å². The van der Waals surface area contributed by atoms with Crippen molar-refractivity contribution < 1.29 is 14.5 Å². The zero-order valence-electron chi connectivity index (χ0n) is 13.4. The number of carbonyl (C=O) groups excluding carboxylic acids is 2. The second-order valence-electron chi connectivity index (χ2n) is 5.19. The van der Waals surface area contributed by atoms with Crippen LogP contribution in [0.4, 0.5) is 5.69 Å². The number of nitrogens with one attached hydrogen (secondary N) is 2. The smallest absolute Gasteiger partial charge is 0.269 e. The molecular weight excluding hydrogens is 324 g/mol. The molecule has 2 N–H and O–H groups in total. The number of benzene rings is 2. The van der Waals surface area contributed by atoms with E-state index < -0.39 is 16.7 Å². The minimum Gasteiger partial charge on any atom is -0.343 e. The second-order valence-corrected chi connectivity index (χ2v) is 5.19. The number of amides is 2. The molecular formula is C17H16N4O4. The minimum absolute atomic E-state index is 0.111. The van der Waals surface area contributed by atoms with Gasteiger partial charge in [0.2, 0.25) is 0 Å². The highest BCUT2D eigenvalue weighted by atomic mass is 16.6. The van der Waals surface area contributed by atoms with E-state index in [2.05, 4.69) is 15.8 Å². The van der Waals surface area contributed by atoms with Crippen molar-refractivity contribution >= 4 is 23.7 Å². The Morgan fingerprint density at radius 3 is 2.36 bits per heavy atom. The van der Waals surface area contributed by atoms with E-state index in [9.17, 15) is 19.7 Å². The molecule has 0 saturated heterocycles. The lowest BCUT2D eigenvalue weighted by atomic mass is 10.2. The lowest BCUT2D eigenvalue weighted by Gasteiger charge is -2.04. The summed E-state index contributed by atoms with van der Waals surface area (Å²) in [5, 5.41) is 16.8. The molecule has 0 aromatic heterocycles. The number of nitro benzene ring substituents is 1. The highest BCUT2D eigenvalue weighted by Gasteiger charge is 2.10. The largest absolute Gasteiger partial charge is 0.343 e. The molecule has 2 aromatic rings. The zero-order chi connectivity index (χ0) is 18.2. The van der Waals surface area contributed by atoms with Crippen molar-refractivity contribution in [2.75, 3.05) is 6.54 Å². The van der Waals surface area contributed by atoms with Crippen molar-refractivity contribution in [1.29, 1.82) is 0 Å². The van der Waals surface area contributed by atoms with Crippen LogP contribution in [0.25, 0.3) is 0 Å². The van der Waals surface area contributed by atoms with Crippen LogP contribution in [-0.2, 0) is 4.79 Å². The van der Waals surface area contributed by atoms with Gasteiger partial charge in [0, 0.05) is 17.7 Å². The predicted molar refractivity (Wildman–Crippen MR) is 92.3 cm³/mol. The van der Waals surface area contributed by atoms with Gasteiger partial charge in [-0.3, -0.25) is 19.7 Å². The Hall–Kier alpha value is -3.55. The van der Waals surface area contributed by atoms with Crippen molar-refractivity contribution in [3.63, 3.8) is 0 Å². The molecule has 0 heterocycles. The van der Waals surface area contributed by atoms with E-state index in [1.807, 2.05) is 31.2 Å². The molecule has 2 aromatic carbocycles. The molecule has 0 aliphatic heterocycles. The highest BCUT2D eigenvalue weighted by Crippen LogP contribution is 2.11. The fourth-order valence-electron chi connectivity index (χ4n) is 1.87. The Labute approximate surface area is 143 Å². The van der Waals surface area contributed by atoms with Crippen molar-refractivity contribution in [3.05, 3.63) is 75.3 Å². The SMILES string of the molecule is Cc1ccc(/C=N\NC(=O)CNC(=O)c2ccc([N+](=O)[O-])cc2)cc1. The summed E-state index contributed by atoms with van der Waals surface area (Å²) in [6, 6.07) is 12.7. The Morgan fingerprint density at radius 2 is 1.76 bits per heavy atom. The van der Waals surface area contributed by atoms with E-state index in [0.29, 0.717) is 0 Å². The second kappa shape index (κ2) is 8.34. The molecule has 0 fully saturated rings. The Bertz CT molecular complexity index is 798. The first-order chi connectivity index (χ1) is 12.0. The van der Waals surface area contributed by atoms with E-state index in [1.54, 1.807) is 0 Å². The normalized spacial score (nSPS) is 10.4. The predicted octanol–water partition coefficient (Wildman–Crippen LogP) is 1.78. The number of aryl methyl sites for hydroxylation is 1. The fraction of sp³-hybridized carbons (Fsp3) is 0.118. The summed E-state index contributed by atoms with van der Waals surface area (Å²) in [6.07, 6.45) is 1.50. The van der Waals surface area contributed by atoms with Gasteiger partial charge in [-0.1, -0.05) is 29.8 Å². The van der Waals surface area contributed by atoms with E-state index >= 15 is 0 Å². The maximum atomic E-state index is 11.9. The van der Waals surface area contributed by atoms with Crippen LogP contribution in [0.3, 0.4) is 0 Å². The van der Waals surface area contributed by atoms with Gasteiger partial charge in [-0.2, -0.15) is 5.10 Å². The van der Waals surface area contributed by atoms with Crippen LogP contribution < -0.4 is 10.7 Å². The molecule has 0 aliphatic carbocycles. The summed E-state index contributed by atoms with van der Waals surface area (Å²) in [7, 11) is 0. The van der Waals surface area contributed by atoms with Crippen molar-refractivity contribution in [3.8, 4) is 0 Å². The number of hydrogen-bond donors (Lipinski definition) is 2. The summed E-state index contributed by atoms with van der Waals surface area (Å²) in [5.74, 6) is -0.994. The van der Waals surface area contributed by atoms with Crippen LogP contribution in [0.1, 0.15) is 21.5 Å². The number of nitrogens with zero attached hydrogens (tertiary/aromatic N) is 2.